The summed E-state index contributed by atoms with van der Waals surface area (Å²) < 4.78 is 24.2. The summed E-state index contributed by atoms with van der Waals surface area (Å²) in [4.78, 5) is 29.8. The van der Waals surface area contributed by atoms with Crippen LogP contribution >= 0.6 is 30.9 Å². The summed E-state index contributed by atoms with van der Waals surface area (Å²) in [7, 11) is -4.76. The molecule has 11 heteroatoms. The number of carbonyl (C=O) groups is 1. The molecule has 0 aliphatic heterocycles. The van der Waals surface area contributed by atoms with Crippen LogP contribution in [0.4, 0.5) is 10.1 Å². The summed E-state index contributed by atoms with van der Waals surface area (Å²) in [6.45, 7) is 0. The minimum atomic E-state index is -4.76. The highest BCUT2D eigenvalue weighted by atomic mass is 35.5. The van der Waals surface area contributed by atoms with Crippen LogP contribution in [0.5, 0.6) is 0 Å². The highest BCUT2D eigenvalue weighted by molar-refractivity contribution is 7.50. The highest BCUT2D eigenvalue weighted by Crippen LogP contribution is 2.39. The predicted molar refractivity (Wildman–Crippen MR) is 74.0 cm³/mol. The Hall–Kier alpha value is -1.44. The molecule has 0 unspecified atom stereocenters. The average Bonchev–Trinajstić information content (AvgIpc) is 2.75. The Kier molecular flexibility index (Phi) is 4.36. The van der Waals surface area contributed by atoms with Crippen molar-refractivity contribution in [3.63, 3.8) is 0 Å². The third-order valence-corrected chi connectivity index (χ3v) is 3.81. The summed E-state index contributed by atoms with van der Waals surface area (Å²) in [6, 6.07) is 4.30. The van der Waals surface area contributed by atoms with Gasteiger partial charge >= 0.3 is 7.75 Å². The average molecular weight is 354 g/mol. The second-order valence-electron chi connectivity index (χ2n) is 3.83. The zero-order valence-corrected chi connectivity index (χ0v) is 12.4. The van der Waals surface area contributed by atoms with Gasteiger partial charge in [-0.3, -0.25) is 4.79 Å². The van der Waals surface area contributed by atoms with Gasteiger partial charge in [0.15, 0.2) is 5.69 Å². The lowest BCUT2D eigenvalue weighted by Gasteiger charge is -2.05. The summed E-state index contributed by atoms with van der Waals surface area (Å²) in [5.74, 6) is -1.38. The van der Waals surface area contributed by atoms with Crippen LogP contribution in [-0.4, -0.2) is 25.2 Å². The molecule has 21 heavy (non-hydrogen) atoms. The van der Waals surface area contributed by atoms with Crippen molar-refractivity contribution < 1.29 is 23.5 Å². The van der Waals surface area contributed by atoms with E-state index in [0.717, 1.165) is 18.2 Å². The Morgan fingerprint density at radius 3 is 2.52 bits per heavy atom. The maximum absolute atomic E-state index is 12.9. The first-order valence-electron chi connectivity index (χ1n) is 5.27. The Morgan fingerprint density at radius 2 is 2.00 bits per heavy atom. The monoisotopic (exact) mass is 353 g/mol. The van der Waals surface area contributed by atoms with Crippen LogP contribution in [0.3, 0.4) is 0 Å². The Balaban J connectivity index is 2.27. The van der Waals surface area contributed by atoms with Crippen molar-refractivity contribution in [3.05, 3.63) is 46.0 Å². The first-order valence-corrected chi connectivity index (χ1v) is 7.59. The molecule has 3 N–H and O–H groups in total. The number of carbonyl (C=O) groups excluding carboxylic acids is 1. The maximum atomic E-state index is 12.9. The Labute approximate surface area is 127 Å². The van der Waals surface area contributed by atoms with Crippen LogP contribution < -0.4 is 5.32 Å². The van der Waals surface area contributed by atoms with Crippen LogP contribution in [0.25, 0.3) is 0 Å². The predicted octanol–water partition coefficient (Wildman–Crippen LogP) is 2.52. The minimum absolute atomic E-state index is 0.0381. The molecule has 1 heterocycles. The van der Waals surface area contributed by atoms with E-state index in [4.69, 9.17) is 33.0 Å². The van der Waals surface area contributed by atoms with Gasteiger partial charge in [0.25, 0.3) is 5.91 Å². The van der Waals surface area contributed by atoms with E-state index < -0.39 is 24.6 Å². The van der Waals surface area contributed by atoms with Crippen molar-refractivity contribution in [2.45, 2.75) is 0 Å². The molecule has 0 spiro atoms. The molecule has 0 atom stereocenters. The van der Waals surface area contributed by atoms with Crippen LogP contribution in [-0.2, 0) is 4.57 Å². The van der Waals surface area contributed by atoms with Crippen molar-refractivity contribution >= 4 is 42.5 Å². The SMILES string of the molecule is O=C(Nc1ccc(F)cc1Cl)c1cc(Cl)n(P(=O)(O)O)n1. The van der Waals surface area contributed by atoms with Crippen LogP contribution in [0, 0.1) is 5.82 Å². The fourth-order valence-corrected chi connectivity index (χ4v) is 2.59. The zero-order valence-electron chi connectivity index (χ0n) is 10.00. The van der Waals surface area contributed by atoms with Gasteiger partial charge in [-0.15, -0.1) is 0 Å². The van der Waals surface area contributed by atoms with E-state index in [1.165, 1.54) is 6.07 Å². The largest absolute Gasteiger partial charge is 0.451 e. The number of halogens is 3. The number of rotatable bonds is 3. The van der Waals surface area contributed by atoms with Gasteiger partial charge in [-0.1, -0.05) is 23.2 Å². The van der Waals surface area contributed by atoms with Crippen molar-refractivity contribution in [2.75, 3.05) is 5.32 Å². The van der Waals surface area contributed by atoms with E-state index in [0.29, 0.717) is 0 Å². The van der Waals surface area contributed by atoms with Crippen LogP contribution in [0.15, 0.2) is 24.3 Å². The fourth-order valence-electron chi connectivity index (χ4n) is 1.42. The van der Waals surface area contributed by atoms with E-state index in [1.807, 2.05) is 0 Å². The number of nitrogens with one attached hydrogen (secondary N) is 1. The standard InChI is InChI=1S/C10H7Cl2FN3O4P/c11-6-3-5(13)1-2-7(6)14-10(17)8-4-9(12)16(15-8)21(18,19)20/h1-4H,(H,14,17)(H2,18,19,20). The number of hydrogen-bond donors (Lipinski definition) is 3. The van der Waals surface area contributed by atoms with Crippen molar-refractivity contribution in [2.24, 2.45) is 0 Å². The number of aromatic nitrogens is 2. The molecule has 1 amide bonds. The molecule has 0 fully saturated rings. The summed E-state index contributed by atoms with van der Waals surface area (Å²) >= 11 is 11.3. The van der Waals surface area contributed by atoms with Gasteiger partial charge in [0.1, 0.15) is 11.0 Å². The molecule has 0 saturated carbocycles. The van der Waals surface area contributed by atoms with Crippen LogP contribution in [0.2, 0.25) is 10.2 Å². The Morgan fingerprint density at radius 1 is 1.33 bits per heavy atom. The zero-order chi connectivity index (χ0) is 15.8. The molecule has 0 bridgehead atoms. The Bertz CT molecular complexity index is 761. The first-order chi connectivity index (χ1) is 9.68. The molecular weight excluding hydrogens is 347 g/mol. The minimum Gasteiger partial charge on any atom is -0.319 e. The molecule has 2 rings (SSSR count). The lowest BCUT2D eigenvalue weighted by Crippen LogP contribution is -2.13. The molecular formula is C10H7Cl2FN3O4P. The van der Waals surface area contributed by atoms with E-state index in [9.17, 15) is 13.8 Å². The van der Waals surface area contributed by atoms with E-state index in [2.05, 4.69) is 10.4 Å². The van der Waals surface area contributed by atoms with Gasteiger partial charge < -0.3 is 15.1 Å². The molecule has 0 aliphatic rings. The number of anilines is 1. The normalized spacial score (nSPS) is 11.5. The first kappa shape index (κ1) is 15.9. The second kappa shape index (κ2) is 5.75. The molecule has 112 valence electrons. The number of amides is 1. The van der Waals surface area contributed by atoms with E-state index >= 15 is 0 Å². The number of nitrogens with zero attached hydrogens (tertiary/aromatic N) is 2. The highest BCUT2D eigenvalue weighted by Gasteiger charge is 2.24. The van der Waals surface area contributed by atoms with Gasteiger partial charge in [0.2, 0.25) is 0 Å². The lowest BCUT2D eigenvalue weighted by atomic mass is 10.3. The number of hydrogen-bond acceptors (Lipinski definition) is 3. The quantitative estimate of drug-likeness (QED) is 0.735. The summed E-state index contributed by atoms with van der Waals surface area (Å²) in [5, 5.41) is 5.30. The number of benzene rings is 1. The van der Waals surface area contributed by atoms with E-state index in [-0.39, 0.29) is 20.9 Å². The molecule has 2 aromatic rings. The third kappa shape index (κ3) is 3.61. The summed E-state index contributed by atoms with van der Waals surface area (Å²) in [5.41, 5.74) is -0.214. The maximum Gasteiger partial charge on any atom is 0.451 e. The molecule has 1 aromatic carbocycles. The van der Waals surface area contributed by atoms with Gasteiger partial charge in [-0.2, -0.15) is 9.55 Å². The molecule has 0 radical (unpaired) electrons. The van der Waals surface area contributed by atoms with Gasteiger partial charge in [-0.25, -0.2) is 8.96 Å². The molecule has 7 nitrogen and oxygen atoms in total. The molecule has 0 aliphatic carbocycles. The van der Waals surface area contributed by atoms with E-state index in [1.54, 1.807) is 0 Å². The molecule has 0 saturated heterocycles. The molecule has 1 aromatic heterocycles. The summed E-state index contributed by atoms with van der Waals surface area (Å²) in [6.07, 6.45) is 0. The third-order valence-electron chi connectivity index (χ3n) is 2.31. The van der Waals surface area contributed by atoms with Gasteiger partial charge in [0, 0.05) is 6.07 Å². The fraction of sp³-hybridized carbons (Fsp3) is 0. The van der Waals surface area contributed by atoms with Crippen LogP contribution in [0.1, 0.15) is 10.5 Å². The lowest BCUT2D eigenvalue weighted by molar-refractivity contribution is 0.102. The van der Waals surface area contributed by atoms with Crippen molar-refractivity contribution in [3.8, 4) is 0 Å². The second-order valence-corrected chi connectivity index (χ2v) is 6.03. The van der Waals surface area contributed by atoms with Crippen molar-refractivity contribution in [1.29, 1.82) is 0 Å². The van der Waals surface area contributed by atoms with Gasteiger partial charge in [0.05, 0.1) is 10.7 Å². The van der Waals surface area contributed by atoms with Crippen molar-refractivity contribution in [1.82, 2.24) is 9.55 Å². The van der Waals surface area contributed by atoms with Gasteiger partial charge in [-0.05, 0) is 18.2 Å². The smallest absolute Gasteiger partial charge is 0.319 e. The topological polar surface area (TPSA) is 104 Å².